The van der Waals surface area contributed by atoms with Crippen LogP contribution < -0.4 is 10.6 Å². The van der Waals surface area contributed by atoms with Crippen molar-refractivity contribution in [1.82, 2.24) is 0 Å². The van der Waals surface area contributed by atoms with E-state index in [9.17, 15) is 4.39 Å². The zero-order valence-electron chi connectivity index (χ0n) is 9.63. The van der Waals surface area contributed by atoms with Crippen molar-refractivity contribution in [2.24, 2.45) is 5.73 Å². The SMILES string of the molecule is CN(CCC(C)(C)N)c1ccccc1F. The second-order valence-corrected chi connectivity index (χ2v) is 4.61. The van der Waals surface area contributed by atoms with Gasteiger partial charge in [0.05, 0.1) is 5.69 Å². The zero-order valence-corrected chi connectivity index (χ0v) is 9.63. The molecule has 84 valence electrons. The molecule has 3 heteroatoms. The fraction of sp³-hybridized carbons (Fsp3) is 0.500. The first-order valence-electron chi connectivity index (χ1n) is 5.15. The summed E-state index contributed by atoms with van der Waals surface area (Å²) in [4.78, 5) is 1.89. The van der Waals surface area contributed by atoms with Gasteiger partial charge >= 0.3 is 0 Å². The molecular formula is C12H19FN2. The Kier molecular flexibility index (Phi) is 3.69. The standard InChI is InChI=1S/C12H19FN2/c1-12(2,14)8-9-15(3)11-7-5-4-6-10(11)13/h4-7H,8-9,14H2,1-3H3. The predicted octanol–water partition coefficient (Wildman–Crippen LogP) is 2.39. The van der Waals surface area contributed by atoms with Crippen LogP contribution in [0.2, 0.25) is 0 Å². The number of anilines is 1. The van der Waals surface area contributed by atoms with E-state index in [1.165, 1.54) is 6.07 Å². The van der Waals surface area contributed by atoms with Crippen LogP contribution in [0.15, 0.2) is 24.3 Å². The molecule has 0 radical (unpaired) electrons. The van der Waals surface area contributed by atoms with Crippen LogP contribution >= 0.6 is 0 Å². The maximum Gasteiger partial charge on any atom is 0.146 e. The second-order valence-electron chi connectivity index (χ2n) is 4.61. The molecule has 1 rings (SSSR count). The number of rotatable bonds is 4. The first kappa shape index (κ1) is 12.0. The summed E-state index contributed by atoms with van der Waals surface area (Å²) in [5.41, 5.74) is 6.30. The number of hydrogen-bond donors (Lipinski definition) is 1. The van der Waals surface area contributed by atoms with Crippen molar-refractivity contribution in [1.29, 1.82) is 0 Å². The third-order valence-corrected chi connectivity index (χ3v) is 2.36. The Balaban J connectivity index is 2.62. The van der Waals surface area contributed by atoms with Gasteiger partial charge in [0.2, 0.25) is 0 Å². The lowest BCUT2D eigenvalue weighted by atomic mass is 10.0. The Labute approximate surface area is 90.9 Å². The summed E-state index contributed by atoms with van der Waals surface area (Å²) in [5, 5.41) is 0. The first-order chi connectivity index (χ1) is 6.90. The molecule has 0 spiro atoms. The van der Waals surface area contributed by atoms with Crippen molar-refractivity contribution >= 4 is 5.69 Å². The highest BCUT2D eigenvalue weighted by atomic mass is 19.1. The Morgan fingerprint density at radius 2 is 1.93 bits per heavy atom. The topological polar surface area (TPSA) is 29.3 Å². The highest BCUT2D eigenvalue weighted by Crippen LogP contribution is 2.18. The van der Waals surface area contributed by atoms with E-state index in [0.29, 0.717) is 5.69 Å². The molecule has 0 aliphatic rings. The van der Waals surface area contributed by atoms with E-state index in [1.54, 1.807) is 12.1 Å². The molecule has 0 saturated carbocycles. The third kappa shape index (κ3) is 3.88. The van der Waals surface area contributed by atoms with Crippen molar-refractivity contribution in [2.75, 3.05) is 18.5 Å². The van der Waals surface area contributed by atoms with Crippen molar-refractivity contribution in [3.63, 3.8) is 0 Å². The fourth-order valence-electron chi connectivity index (χ4n) is 1.34. The van der Waals surface area contributed by atoms with E-state index < -0.39 is 0 Å². The molecule has 0 amide bonds. The van der Waals surface area contributed by atoms with Gasteiger partial charge in [0.25, 0.3) is 0 Å². The van der Waals surface area contributed by atoms with Crippen LogP contribution in [0.5, 0.6) is 0 Å². The molecule has 0 saturated heterocycles. The summed E-state index contributed by atoms with van der Waals surface area (Å²) in [7, 11) is 1.88. The highest BCUT2D eigenvalue weighted by molar-refractivity contribution is 5.46. The average Bonchev–Trinajstić information content (AvgIpc) is 2.14. The normalized spacial score (nSPS) is 11.5. The lowest BCUT2D eigenvalue weighted by molar-refractivity contribution is 0.477. The van der Waals surface area contributed by atoms with Crippen LogP contribution in [0, 0.1) is 5.82 Å². The van der Waals surface area contributed by atoms with Gasteiger partial charge in [0, 0.05) is 19.1 Å². The molecule has 1 aromatic carbocycles. The molecule has 2 nitrogen and oxygen atoms in total. The van der Waals surface area contributed by atoms with Crippen molar-refractivity contribution in [3.05, 3.63) is 30.1 Å². The molecule has 0 aliphatic carbocycles. The molecule has 0 aromatic heterocycles. The van der Waals surface area contributed by atoms with Crippen LogP contribution in [0.1, 0.15) is 20.3 Å². The second kappa shape index (κ2) is 4.62. The van der Waals surface area contributed by atoms with E-state index in [4.69, 9.17) is 5.73 Å². The third-order valence-electron chi connectivity index (χ3n) is 2.36. The van der Waals surface area contributed by atoms with E-state index in [2.05, 4.69) is 0 Å². The minimum Gasteiger partial charge on any atom is -0.372 e. The average molecular weight is 210 g/mol. The highest BCUT2D eigenvalue weighted by Gasteiger charge is 2.13. The first-order valence-corrected chi connectivity index (χ1v) is 5.15. The smallest absolute Gasteiger partial charge is 0.146 e. The summed E-state index contributed by atoms with van der Waals surface area (Å²) < 4.78 is 13.4. The largest absolute Gasteiger partial charge is 0.372 e. The fourth-order valence-corrected chi connectivity index (χ4v) is 1.34. The van der Waals surface area contributed by atoms with Crippen molar-refractivity contribution < 1.29 is 4.39 Å². The number of nitrogens with two attached hydrogens (primary N) is 1. The van der Waals surface area contributed by atoms with Gasteiger partial charge in [0.15, 0.2) is 0 Å². The Morgan fingerprint density at radius 3 is 2.47 bits per heavy atom. The Morgan fingerprint density at radius 1 is 1.33 bits per heavy atom. The van der Waals surface area contributed by atoms with Gasteiger partial charge in [-0.15, -0.1) is 0 Å². The molecule has 15 heavy (non-hydrogen) atoms. The maximum absolute atomic E-state index is 13.4. The summed E-state index contributed by atoms with van der Waals surface area (Å²) in [6.45, 7) is 4.70. The zero-order chi connectivity index (χ0) is 11.5. The summed E-state index contributed by atoms with van der Waals surface area (Å²) >= 11 is 0. The van der Waals surface area contributed by atoms with Crippen LogP contribution in [0.3, 0.4) is 0 Å². The molecule has 2 N–H and O–H groups in total. The molecular weight excluding hydrogens is 191 g/mol. The summed E-state index contributed by atoms with van der Waals surface area (Å²) in [6.07, 6.45) is 0.831. The van der Waals surface area contributed by atoms with Crippen LogP contribution in [-0.2, 0) is 0 Å². The quantitative estimate of drug-likeness (QED) is 0.826. The van der Waals surface area contributed by atoms with Gasteiger partial charge in [-0.25, -0.2) is 4.39 Å². The van der Waals surface area contributed by atoms with Crippen molar-refractivity contribution in [2.45, 2.75) is 25.8 Å². The lowest BCUT2D eigenvalue weighted by Gasteiger charge is -2.25. The van der Waals surface area contributed by atoms with Crippen LogP contribution in [-0.4, -0.2) is 19.1 Å². The predicted molar refractivity (Wildman–Crippen MR) is 62.6 cm³/mol. The summed E-state index contributed by atoms with van der Waals surface area (Å²) in [5.74, 6) is -0.185. The minimum atomic E-state index is -0.209. The monoisotopic (exact) mass is 210 g/mol. The number of benzene rings is 1. The maximum atomic E-state index is 13.4. The number of para-hydroxylation sites is 1. The minimum absolute atomic E-state index is 0.185. The molecule has 0 atom stereocenters. The van der Waals surface area contributed by atoms with E-state index in [1.807, 2.05) is 31.9 Å². The summed E-state index contributed by atoms with van der Waals surface area (Å²) in [6, 6.07) is 6.78. The van der Waals surface area contributed by atoms with Crippen LogP contribution in [0.4, 0.5) is 10.1 Å². The lowest BCUT2D eigenvalue weighted by Crippen LogP contribution is -2.36. The molecule has 0 aliphatic heterocycles. The molecule has 0 unspecified atom stereocenters. The van der Waals surface area contributed by atoms with E-state index in [-0.39, 0.29) is 11.4 Å². The molecule has 0 fully saturated rings. The molecule has 0 bridgehead atoms. The number of hydrogen-bond acceptors (Lipinski definition) is 2. The van der Waals surface area contributed by atoms with Gasteiger partial charge in [-0.05, 0) is 32.4 Å². The van der Waals surface area contributed by atoms with Gasteiger partial charge in [-0.1, -0.05) is 12.1 Å². The molecule has 1 aromatic rings. The van der Waals surface area contributed by atoms with Crippen molar-refractivity contribution in [3.8, 4) is 0 Å². The Bertz CT molecular complexity index is 318. The van der Waals surface area contributed by atoms with E-state index in [0.717, 1.165) is 13.0 Å². The number of nitrogens with zero attached hydrogens (tertiary/aromatic N) is 1. The van der Waals surface area contributed by atoms with Gasteiger partial charge < -0.3 is 10.6 Å². The van der Waals surface area contributed by atoms with Crippen LogP contribution in [0.25, 0.3) is 0 Å². The van der Waals surface area contributed by atoms with Gasteiger partial charge in [0.1, 0.15) is 5.82 Å². The van der Waals surface area contributed by atoms with Gasteiger partial charge in [-0.3, -0.25) is 0 Å². The number of halogens is 1. The molecule has 0 heterocycles. The Hall–Kier alpha value is -1.09. The van der Waals surface area contributed by atoms with E-state index >= 15 is 0 Å². The van der Waals surface area contributed by atoms with Gasteiger partial charge in [-0.2, -0.15) is 0 Å².